The summed E-state index contributed by atoms with van der Waals surface area (Å²) in [5.74, 6) is 1.28. The Kier molecular flexibility index (Phi) is 12.5. The fourth-order valence-corrected chi connectivity index (χ4v) is 3.57. The van der Waals surface area contributed by atoms with Crippen LogP contribution in [-0.4, -0.2) is 54.8 Å². The van der Waals surface area contributed by atoms with Crippen LogP contribution in [-0.2, 0) is 14.8 Å². The number of benzene rings is 2. The molecule has 2 aromatic carbocycles. The molecule has 2 aromatic rings. The fraction of sp³-hybridized carbons (Fsp3) is 0.381. The van der Waals surface area contributed by atoms with Crippen LogP contribution in [0.5, 0.6) is 5.75 Å². The fourth-order valence-electron chi connectivity index (χ4n) is 2.54. The molecule has 0 bridgehead atoms. The summed E-state index contributed by atoms with van der Waals surface area (Å²) in [5, 5.41) is 6.25. The van der Waals surface area contributed by atoms with Crippen molar-refractivity contribution in [2.24, 2.45) is 4.99 Å². The van der Waals surface area contributed by atoms with Gasteiger partial charge in [0.1, 0.15) is 5.75 Å². The van der Waals surface area contributed by atoms with Crippen LogP contribution in [0.2, 0.25) is 0 Å². The van der Waals surface area contributed by atoms with Gasteiger partial charge in [-0.2, -0.15) is 0 Å². The molecule has 0 saturated carbocycles. The van der Waals surface area contributed by atoms with Crippen LogP contribution in [0.4, 0.5) is 5.69 Å². The van der Waals surface area contributed by atoms with E-state index in [-0.39, 0.29) is 35.4 Å². The molecule has 0 amide bonds. The van der Waals surface area contributed by atoms with E-state index in [4.69, 9.17) is 9.47 Å². The molecule has 0 aliphatic heterocycles. The summed E-state index contributed by atoms with van der Waals surface area (Å²) in [5.41, 5.74) is 1.82. The van der Waals surface area contributed by atoms with Gasteiger partial charge in [-0.3, -0.25) is 4.99 Å². The topological polar surface area (TPSA) is 101 Å². The molecule has 0 atom stereocenters. The van der Waals surface area contributed by atoms with Gasteiger partial charge in [-0.1, -0.05) is 23.8 Å². The maximum Gasteiger partial charge on any atom is 0.240 e. The number of rotatable bonds is 11. The maximum atomic E-state index is 12.3. The third-order valence-corrected chi connectivity index (χ3v) is 5.60. The molecule has 8 nitrogen and oxygen atoms in total. The largest absolute Gasteiger partial charge is 0.493 e. The van der Waals surface area contributed by atoms with Gasteiger partial charge in [0.25, 0.3) is 0 Å². The van der Waals surface area contributed by atoms with Crippen molar-refractivity contribution < 1.29 is 17.9 Å². The first-order chi connectivity index (χ1) is 14.4. The highest BCUT2D eigenvalue weighted by atomic mass is 127. The Morgan fingerprint density at radius 2 is 1.81 bits per heavy atom. The second-order valence-electron chi connectivity index (χ2n) is 6.56. The van der Waals surface area contributed by atoms with Crippen LogP contribution >= 0.6 is 24.0 Å². The highest BCUT2D eigenvalue weighted by molar-refractivity contribution is 14.0. The molecule has 0 heterocycles. The van der Waals surface area contributed by atoms with Crippen molar-refractivity contribution in [2.75, 3.05) is 45.8 Å². The highest BCUT2D eigenvalue weighted by Crippen LogP contribution is 2.17. The molecule has 0 spiro atoms. The van der Waals surface area contributed by atoms with Gasteiger partial charge < -0.3 is 20.1 Å². The van der Waals surface area contributed by atoms with Crippen LogP contribution in [0.3, 0.4) is 0 Å². The van der Waals surface area contributed by atoms with Gasteiger partial charge in [0.15, 0.2) is 5.96 Å². The van der Waals surface area contributed by atoms with E-state index in [2.05, 4.69) is 20.3 Å². The molecule has 31 heavy (non-hydrogen) atoms. The SMILES string of the molecule is CN=C(NCCNS(=O)(=O)c1ccc(C)cc1)Nc1cccc(OCCCOC)c1.I. The summed E-state index contributed by atoms with van der Waals surface area (Å²) < 4.78 is 37.9. The van der Waals surface area contributed by atoms with Crippen molar-refractivity contribution in [1.82, 2.24) is 10.0 Å². The van der Waals surface area contributed by atoms with E-state index in [0.717, 1.165) is 23.4 Å². The van der Waals surface area contributed by atoms with Gasteiger partial charge in [0.2, 0.25) is 10.0 Å². The molecular weight excluding hydrogens is 531 g/mol. The average Bonchev–Trinajstić information content (AvgIpc) is 2.74. The lowest BCUT2D eigenvalue weighted by Crippen LogP contribution is -2.37. The zero-order valence-corrected chi connectivity index (χ0v) is 21.2. The predicted molar refractivity (Wildman–Crippen MR) is 135 cm³/mol. The molecule has 2 rings (SSSR count). The van der Waals surface area contributed by atoms with E-state index >= 15 is 0 Å². The average molecular weight is 562 g/mol. The molecule has 3 N–H and O–H groups in total. The molecule has 0 radical (unpaired) electrons. The summed E-state index contributed by atoms with van der Waals surface area (Å²) in [6.45, 7) is 3.74. The highest BCUT2D eigenvalue weighted by Gasteiger charge is 2.12. The minimum atomic E-state index is -3.54. The number of sulfonamides is 1. The van der Waals surface area contributed by atoms with Gasteiger partial charge in [-0.15, -0.1) is 24.0 Å². The molecule has 0 aromatic heterocycles. The number of aryl methyl sites for hydroxylation is 1. The summed E-state index contributed by atoms with van der Waals surface area (Å²) in [6.07, 6.45) is 0.815. The second kappa shape index (κ2) is 14.2. The number of ether oxygens (including phenoxy) is 2. The lowest BCUT2D eigenvalue weighted by Gasteiger charge is -2.14. The summed E-state index contributed by atoms with van der Waals surface area (Å²) >= 11 is 0. The van der Waals surface area contributed by atoms with Crippen LogP contribution in [0.15, 0.2) is 58.4 Å². The number of halogens is 1. The third kappa shape index (κ3) is 9.85. The first kappa shape index (κ1) is 27.1. The molecular formula is C21H31IN4O4S. The normalized spacial score (nSPS) is 11.5. The van der Waals surface area contributed by atoms with Crippen molar-refractivity contribution in [1.29, 1.82) is 0 Å². The maximum absolute atomic E-state index is 12.3. The van der Waals surface area contributed by atoms with E-state index in [1.807, 2.05) is 31.2 Å². The van der Waals surface area contributed by atoms with Crippen LogP contribution in [0.25, 0.3) is 0 Å². The predicted octanol–water partition coefficient (Wildman–Crippen LogP) is 2.99. The van der Waals surface area contributed by atoms with E-state index in [1.54, 1.807) is 38.4 Å². The van der Waals surface area contributed by atoms with E-state index in [0.29, 0.717) is 25.7 Å². The number of hydrogen-bond acceptors (Lipinski definition) is 5. The number of hydrogen-bond donors (Lipinski definition) is 3. The Morgan fingerprint density at radius 1 is 1.06 bits per heavy atom. The standard InChI is InChI=1S/C21H30N4O4S.HI/c1-17-8-10-20(11-9-17)30(26,27)24-13-12-23-21(22-2)25-18-6-4-7-19(16-18)29-15-5-14-28-3;/h4,6-11,16,24H,5,12-15H2,1-3H3,(H2,22,23,25);1H. The molecule has 0 aliphatic rings. The van der Waals surface area contributed by atoms with E-state index in [9.17, 15) is 8.42 Å². The van der Waals surface area contributed by atoms with Gasteiger partial charge in [0.05, 0.1) is 11.5 Å². The number of aliphatic imine (C=N–C) groups is 1. The number of nitrogens with zero attached hydrogens (tertiary/aromatic N) is 1. The Hall–Kier alpha value is -1.89. The summed E-state index contributed by atoms with van der Waals surface area (Å²) in [6, 6.07) is 14.3. The molecule has 0 aliphatic carbocycles. The van der Waals surface area contributed by atoms with Crippen molar-refractivity contribution in [3.63, 3.8) is 0 Å². The van der Waals surface area contributed by atoms with Crippen LogP contribution in [0.1, 0.15) is 12.0 Å². The van der Waals surface area contributed by atoms with Gasteiger partial charge >= 0.3 is 0 Å². The quantitative estimate of drug-likeness (QED) is 0.169. The minimum Gasteiger partial charge on any atom is -0.493 e. The summed E-state index contributed by atoms with van der Waals surface area (Å²) in [7, 11) is -0.222. The second-order valence-corrected chi connectivity index (χ2v) is 8.32. The third-order valence-electron chi connectivity index (χ3n) is 4.12. The number of nitrogens with one attached hydrogen (secondary N) is 3. The Morgan fingerprint density at radius 3 is 2.48 bits per heavy atom. The Bertz CT molecular complexity index is 921. The van der Waals surface area contributed by atoms with Crippen molar-refractivity contribution >= 4 is 45.6 Å². The molecule has 10 heteroatoms. The zero-order chi connectivity index (χ0) is 21.8. The van der Waals surface area contributed by atoms with Crippen molar-refractivity contribution in [3.05, 3.63) is 54.1 Å². The molecule has 0 saturated heterocycles. The van der Waals surface area contributed by atoms with Crippen LogP contribution < -0.4 is 20.1 Å². The smallest absolute Gasteiger partial charge is 0.240 e. The van der Waals surface area contributed by atoms with Crippen molar-refractivity contribution in [2.45, 2.75) is 18.2 Å². The summed E-state index contributed by atoms with van der Waals surface area (Å²) in [4.78, 5) is 4.41. The lowest BCUT2D eigenvalue weighted by molar-refractivity contribution is 0.172. The molecule has 172 valence electrons. The molecule has 0 fully saturated rings. The van der Waals surface area contributed by atoms with Gasteiger partial charge in [0, 0.05) is 52.0 Å². The number of anilines is 1. The monoisotopic (exact) mass is 562 g/mol. The number of methoxy groups -OCH3 is 1. The first-order valence-corrected chi connectivity index (χ1v) is 11.2. The Balaban J connectivity index is 0.00000480. The molecule has 0 unspecified atom stereocenters. The van der Waals surface area contributed by atoms with Crippen LogP contribution in [0, 0.1) is 6.92 Å². The van der Waals surface area contributed by atoms with Gasteiger partial charge in [-0.05, 0) is 31.2 Å². The van der Waals surface area contributed by atoms with Gasteiger partial charge in [-0.25, -0.2) is 13.1 Å². The number of guanidine groups is 1. The Labute approximate surface area is 201 Å². The van der Waals surface area contributed by atoms with E-state index < -0.39 is 10.0 Å². The minimum absolute atomic E-state index is 0. The zero-order valence-electron chi connectivity index (χ0n) is 18.1. The first-order valence-electron chi connectivity index (χ1n) is 9.70. The van der Waals surface area contributed by atoms with Crippen molar-refractivity contribution in [3.8, 4) is 5.75 Å². The lowest BCUT2D eigenvalue weighted by atomic mass is 10.2. The van der Waals surface area contributed by atoms with E-state index in [1.165, 1.54) is 0 Å².